The van der Waals surface area contributed by atoms with Crippen LogP contribution in [0.5, 0.6) is 0 Å². The number of nitrogens with one attached hydrogen (secondary N) is 1. The zero-order valence-electron chi connectivity index (χ0n) is 11.7. The molecule has 0 bridgehead atoms. The van der Waals surface area contributed by atoms with Gasteiger partial charge in [-0.3, -0.25) is 9.59 Å². The average Bonchev–Trinajstić information content (AvgIpc) is 2.50. The third kappa shape index (κ3) is 4.16. The monoisotopic (exact) mass is 305 g/mol. The van der Waals surface area contributed by atoms with E-state index in [4.69, 9.17) is 11.6 Å². The zero-order valence-corrected chi connectivity index (χ0v) is 12.4. The van der Waals surface area contributed by atoms with E-state index < -0.39 is 0 Å². The Labute approximate surface area is 127 Å². The summed E-state index contributed by atoms with van der Waals surface area (Å²) in [6, 6.07) is 10.4. The zero-order chi connectivity index (χ0) is 15.2. The van der Waals surface area contributed by atoms with Gasteiger partial charge in [0.15, 0.2) is 0 Å². The number of rotatable bonds is 5. The summed E-state index contributed by atoms with van der Waals surface area (Å²) in [6.45, 7) is 0.410. The number of hydrogen-bond acceptors (Lipinski definition) is 3. The van der Waals surface area contributed by atoms with E-state index in [2.05, 4.69) is 10.4 Å². The van der Waals surface area contributed by atoms with Gasteiger partial charge < -0.3 is 5.32 Å². The second-order valence-corrected chi connectivity index (χ2v) is 5.00. The molecule has 1 aromatic carbocycles. The van der Waals surface area contributed by atoms with Gasteiger partial charge >= 0.3 is 0 Å². The number of carbonyl (C=O) groups excluding carboxylic acids is 1. The molecular weight excluding hydrogens is 290 g/mol. The Morgan fingerprint density at radius 1 is 1.24 bits per heavy atom. The number of aromatic nitrogens is 2. The van der Waals surface area contributed by atoms with Crippen LogP contribution in [0.3, 0.4) is 0 Å². The van der Waals surface area contributed by atoms with E-state index in [1.54, 1.807) is 25.2 Å². The van der Waals surface area contributed by atoms with E-state index in [9.17, 15) is 9.59 Å². The van der Waals surface area contributed by atoms with Gasteiger partial charge in [0.25, 0.3) is 5.56 Å². The summed E-state index contributed by atoms with van der Waals surface area (Å²) in [5.74, 6) is -0.0445. The molecule has 0 aliphatic rings. The quantitative estimate of drug-likeness (QED) is 0.920. The SMILES string of the molecule is CNC(=O)CCCn1nc(-c2ccc(Cl)cc2)ccc1=O. The van der Waals surface area contributed by atoms with Crippen LogP contribution >= 0.6 is 11.6 Å². The van der Waals surface area contributed by atoms with Crippen LogP contribution in [-0.4, -0.2) is 22.7 Å². The number of carbonyl (C=O) groups is 1. The lowest BCUT2D eigenvalue weighted by atomic mass is 10.1. The van der Waals surface area contributed by atoms with Crippen LogP contribution in [0.2, 0.25) is 5.02 Å². The lowest BCUT2D eigenvalue weighted by Gasteiger charge is -2.07. The van der Waals surface area contributed by atoms with Crippen LogP contribution in [0.4, 0.5) is 0 Å². The fraction of sp³-hybridized carbons (Fsp3) is 0.267. The summed E-state index contributed by atoms with van der Waals surface area (Å²) < 4.78 is 1.38. The van der Waals surface area contributed by atoms with E-state index in [0.29, 0.717) is 30.1 Å². The molecule has 0 aliphatic heterocycles. The maximum atomic E-state index is 11.8. The van der Waals surface area contributed by atoms with E-state index >= 15 is 0 Å². The van der Waals surface area contributed by atoms with Crippen LogP contribution < -0.4 is 10.9 Å². The van der Waals surface area contributed by atoms with Crippen molar-refractivity contribution in [3.63, 3.8) is 0 Å². The van der Waals surface area contributed by atoms with Gasteiger partial charge in [-0.25, -0.2) is 4.68 Å². The van der Waals surface area contributed by atoms with Crippen LogP contribution in [0.25, 0.3) is 11.3 Å². The molecule has 0 aliphatic carbocycles. The average molecular weight is 306 g/mol. The van der Waals surface area contributed by atoms with Crippen LogP contribution in [-0.2, 0) is 11.3 Å². The van der Waals surface area contributed by atoms with Crippen molar-refractivity contribution in [1.82, 2.24) is 15.1 Å². The molecule has 2 rings (SSSR count). The third-order valence-electron chi connectivity index (χ3n) is 3.06. The highest BCUT2D eigenvalue weighted by Gasteiger charge is 2.05. The van der Waals surface area contributed by atoms with Crippen molar-refractivity contribution in [2.75, 3.05) is 7.05 Å². The summed E-state index contributed by atoms with van der Waals surface area (Å²) in [5, 5.41) is 7.52. The van der Waals surface area contributed by atoms with Crippen molar-refractivity contribution >= 4 is 17.5 Å². The summed E-state index contributed by atoms with van der Waals surface area (Å²) in [7, 11) is 1.59. The minimum absolute atomic E-state index is 0.0445. The lowest BCUT2D eigenvalue weighted by molar-refractivity contribution is -0.120. The molecule has 1 amide bonds. The number of aryl methyl sites for hydroxylation is 1. The van der Waals surface area contributed by atoms with E-state index in [0.717, 1.165) is 5.56 Å². The van der Waals surface area contributed by atoms with Gasteiger partial charge in [-0.1, -0.05) is 23.7 Å². The first-order valence-corrected chi connectivity index (χ1v) is 7.02. The van der Waals surface area contributed by atoms with Crippen molar-refractivity contribution in [3.8, 4) is 11.3 Å². The molecule has 0 radical (unpaired) electrons. The summed E-state index contributed by atoms with van der Waals surface area (Å²) in [6.07, 6.45) is 0.937. The number of amides is 1. The summed E-state index contributed by atoms with van der Waals surface area (Å²) >= 11 is 5.85. The predicted molar refractivity (Wildman–Crippen MR) is 82.2 cm³/mol. The van der Waals surface area contributed by atoms with E-state index in [-0.39, 0.29) is 11.5 Å². The molecule has 0 unspecified atom stereocenters. The second kappa shape index (κ2) is 7.04. The van der Waals surface area contributed by atoms with Crippen molar-refractivity contribution < 1.29 is 4.79 Å². The van der Waals surface area contributed by atoms with E-state index in [1.165, 1.54) is 10.7 Å². The van der Waals surface area contributed by atoms with Gasteiger partial charge in [-0.05, 0) is 24.6 Å². The lowest BCUT2D eigenvalue weighted by Crippen LogP contribution is -2.24. The topological polar surface area (TPSA) is 64.0 Å². The molecule has 2 aromatic rings. The first-order chi connectivity index (χ1) is 10.1. The van der Waals surface area contributed by atoms with Gasteiger partial charge in [0.1, 0.15) is 0 Å². The highest BCUT2D eigenvalue weighted by molar-refractivity contribution is 6.30. The maximum absolute atomic E-state index is 11.8. The first kappa shape index (κ1) is 15.3. The Morgan fingerprint density at radius 2 is 1.95 bits per heavy atom. The molecule has 21 heavy (non-hydrogen) atoms. The number of benzene rings is 1. The molecule has 1 aromatic heterocycles. The van der Waals surface area contributed by atoms with Crippen LogP contribution in [0.1, 0.15) is 12.8 Å². The van der Waals surface area contributed by atoms with Crippen LogP contribution in [0, 0.1) is 0 Å². The summed E-state index contributed by atoms with van der Waals surface area (Å²) in [4.78, 5) is 23.0. The van der Waals surface area contributed by atoms with Gasteiger partial charge in [0.2, 0.25) is 5.91 Å². The highest BCUT2D eigenvalue weighted by atomic mass is 35.5. The molecule has 0 spiro atoms. The van der Waals surface area contributed by atoms with Gasteiger partial charge in [-0.15, -0.1) is 0 Å². The Balaban J connectivity index is 2.15. The third-order valence-corrected chi connectivity index (χ3v) is 3.31. The Bertz CT molecular complexity index is 680. The molecule has 110 valence electrons. The van der Waals surface area contributed by atoms with Crippen molar-refractivity contribution in [3.05, 3.63) is 51.8 Å². The predicted octanol–water partition coefficient (Wildman–Crippen LogP) is 2.09. The standard InChI is InChI=1S/C15H16ClN3O2/c1-17-14(20)3-2-10-19-15(21)9-8-13(18-19)11-4-6-12(16)7-5-11/h4-9H,2-3,10H2,1H3,(H,17,20). The van der Waals surface area contributed by atoms with Crippen molar-refractivity contribution in [2.45, 2.75) is 19.4 Å². The van der Waals surface area contributed by atoms with Gasteiger partial charge in [0, 0.05) is 36.7 Å². The number of hydrogen-bond donors (Lipinski definition) is 1. The molecular formula is C15H16ClN3O2. The first-order valence-electron chi connectivity index (χ1n) is 6.65. The molecule has 0 saturated heterocycles. The van der Waals surface area contributed by atoms with Crippen molar-refractivity contribution in [1.29, 1.82) is 0 Å². The molecule has 0 atom stereocenters. The molecule has 6 heteroatoms. The summed E-state index contributed by atoms with van der Waals surface area (Å²) in [5.41, 5.74) is 1.41. The van der Waals surface area contributed by atoms with Gasteiger partial charge in [0.05, 0.1) is 5.69 Å². The Hall–Kier alpha value is -2.14. The largest absolute Gasteiger partial charge is 0.359 e. The normalized spacial score (nSPS) is 10.4. The minimum Gasteiger partial charge on any atom is -0.359 e. The molecule has 1 heterocycles. The highest BCUT2D eigenvalue weighted by Crippen LogP contribution is 2.18. The smallest absolute Gasteiger partial charge is 0.266 e. The molecule has 0 fully saturated rings. The van der Waals surface area contributed by atoms with E-state index in [1.807, 2.05) is 12.1 Å². The maximum Gasteiger partial charge on any atom is 0.266 e. The van der Waals surface area contributed by atoms with Gasteiger partial charge in [-0.2, -0.15) is 5.10 Å². The Morgan fingerprint density at radius 3 is 2.62 bits per heavy atom. The fourth-order valence-electron chi connectivity index (χ4n) is 1.90. The molecule has 1 N–H and O–H groups in total. The molecule has 0 saturated carbocycles. The molecule has 5 nitrogen and oxygen atoms in total. The fourth-order valence-corrected chi connectivity index (χ4v) is 2.02. The minimum atomic E-state index is -0.176. The van der Waals surface area contributed by atoms with Crippen LogP contribution in [0.15, 0.2) is 41.2 Å². The second-order valence-electron chi connectivity index (χ2n) is 4.56. The number of nitrogens with zero attached hydrogens (tertiary/aromatic N) is 2. The number of halogens is 1. The Kier molecular flexibility index (Phi) is 5.11. The van der Waals surface area contributed by atoms with Crippen molar-refractivity contribution in [2.24, 2.45) is 0 Å².